The molecule has 1 saturated heterocycles. The Hall–Kier alpha value is -3.54. The molecule has 0 amide bonds. The smallest absolute Gasteiger partial charge is 0.229 e. The summed E-state index contributed by atoms with van der Waals surface area (Å²) >= 11 is 0. The van der Waals surface area contributed by atoms with Gasteiger partial charge in [-0.2, -0.15) is 0 Å². The Kier molecular flexibility index (Phi) is 7.09. The van der Waals surface area contributed by atoms with Gasteiger partial charge in [0.1, 0.15) is 22.9 Å². The molecule has 1 aliphatic heterocycles. The number of nitrogens with zero attached hydrogens (tertiary/aromatic N) is 6. The maximum atomic E-state index is 14.9. The van der Waals surface area contributed by atoms with Gasteiger partial charge in [-0.1, -0.05) is 6.07 Å². The summed E-state index contributed by atoms with van der Waals surface area (Å²) in [5.41, 5.74) is 2.16. The second-order valence-corrected chi connectivity index (χ2v) is 9.58. The molecule has 1 aliphatic rings. The summed E-state index contributed by atoms with van der Waals surface area (Å²) in [6.45, 7) is 9.12. The number of anilines is 2. The number of hydrogen-bond acceptors (Lipinski definition) is 8. The van der Waals surface area contributed by atoms with Gasteiger partial charge in [-0.3, -0.25) is 4.90 Å². The average molecular weight is 509 g/mol. The third-order valence-corrected chi connectivity index (χ3v) is 6.49. The van der Waals surface area contributed by atoms with Crippen molar-refractivity contribution in [3.8, 4) is 11.3 Å². The number of nitrogens with one attached hydrogen (secondary N) is 2. The van der Waals surface area contributed by atoms with E-state index in [1.807, 2.05) is 37.5 Å². The van der Waals surface area contributed by atoms with Gasteiger partial charge in [0.2, 0.25) is 5.95 Å². The van der Waals surface area contributed by atoms with E-state index in [4.69, 9.17) is 0 Å². The molecule has 0 bridgehead atoms. The second-order valence-electron chi connectivity index (χ2n) is 9.58. The number of aliphatic hydroxyl groups excluding tert-OH is 1. The monoisotopic (exact) mass is 508 g/mol. The van der Waals surface area contributed by atoms with Crippen molar-refractivity contribution >= 4 is 22.8 Å². The first kappa shape index (κ1) is 25.1. The highest BCUT2D eigenvalue weighted by Gasteiger charge is 2.20. The lowest BCUT2D eigenvalue weighted by atomic mass is 10.1. The van der Waals surface area contributed by atoms with E-state index in [1.165, 1.54) is 6.07 Å². The number of imidazole rings is 1. The van der Waals surface area contributed by atoms with Crippen molar-refractivity contribution < 1.29 is 13.9 Å². The Morgan fingerprint density at radius 1 is 1.14 bits per heavy atom. The Labute approximate surface area is 213 Å². The number of rotatable bonds is 7. The van der Waals surface area contributed by atoms with Crippen molar-refractivity contribution in [2.75, 3.05) is 31.6 Å². The minimum Gasteiger partial charge on any atom is -0.395 e. The van der Waals surface area contributed by atoms with E-state index in [0.717, 1.165) is 37.9 Å². The van der Waals surface area contributed by atoms with Crippen LogP contribution in [0.1, 0.15) is 31.3 Å². The highest BCUT2D eigenvalue weighted by atomic mass is 19.1. The van der Waals surface area contributed by atoms with Gasteiger partial charge in [0.15, 0.2) is 11.6 Å². The molecule has 9 nitrogen and oxygen atoms in total. The molecular weight excluding hydrogens is 478 g/mol. The average Bonchev–Trinajstić information content (AvgIpc) is 3.23. The van der Waals surface area contributed by atoms with E-state index in [9.17, 15) is 13.9 Å². The van der Waals surface area contributed by atoms with Crippen molar-refractivity contribution in [3.05, 3.63) is 59.7 Å². The molecule has 0 radical (unpaired) electrons. The lowest BCUT2D eigenvalue weighted by Crippen LogP contribution is -2.51. The standard InChI is InChI=1S/C26H30F2N8O/c1-15(2)36-16(3)32-25-20(27)8-18(9-22(25)36)24-21(28)11-31-26(34-24)33-23-5-4-17(10-30-23)12-35-7-6-29-19(13-35)14-37/h4-5,8-11,15,19,29,37H,6-7,12-14H2,1-3H3,(H,30,31,33,34)/t19-/m0/s1. The molecule has 0 saturated carbocycles. The topological polar surface area (TPSA) is 104 Å². The number of aryl methyl sites for hydroxylation is 1. The molecule has 1 atom stereocenters. The van der Waals surface area contributed by atoms with Crippen molar-refractivity contribution in [3.63, 3.8) is 0 Å². The summed E-state index contributed by atoms with van der Waals surface area (Å²) in [4.78, 5) is 19.4. The Balaban J connectivity index is 1.36. The number of halogens is 2. The van der Waals surface area contributed by atoms with Crippen LogP contribution in [0.15, 0.2) is 36.7 Å². The number of aliphatic hydroxyl groups is 1. The van der Waals surface area contributed by atoms with E-state index in [2.05, 4.69) is 35.5 Å². The summed E-state index contributed by atoms with van der Waals surface area (Å²) in [7, 11) is 0. The third-order valence-electron chi connectivity index (χ3n) is 6.49. The third kappa shape index (κ3) is 5.29. The lowest BCUT2D eigenvalue weighted by molar-refractivity contribution is 0.143. The zero-order valence-electron chi connectivity index (χ0n) is 21.0. The van der Waals surface area contributed by atoms with Crippen molar-refractivity contribution in [2.45, 2.75) is 39.4 Å². The van der Waals surface area contributed by atoms with Gasteiger partial charge >= 0.3 is 0 Å². The van der Waals surface area contributed by atoms with Crippen LogP contribution in [0.25, 0.3) is 22.3 Å². The second kappa shape index (κ2) is 10.4. The molecule has 1 aromatic carbocycles. The van der Waals surface area contributed by atoms with Crippen LogP contribution in [0, 0.1) is 18.6 Å². The number of pyridine rings is 1. The predicted octanol–water partition coefficient (Wildman–Crippen LogP) is 3.57. The van der Waals surface area contributed by atoms with Gasteiger partial charge in [0.25, 0.3) is 0 Å². The maximum absolute atomic E-state index is 14.9. The van der Waals surface area contributed by atoms with Crippen LogP contribution in [0.2, 0.25) is 0 Å². The summed E-state index contributed by atoms with van der Waals surface area (Å²) in [5, 5.41) is 15.7. The fraction of sp³-hybridized carbons (Fsp3) is 0.385. The highest BCUT2D eigenvalue weighted by Crippen LogP contribution is 2.30. The molecule has 0 unspecified atom stereocenters. The first-order chi connectivity index (χ1) is 17.8. The summed E-state index contributed by atoms with van der Waals surface area (Å²) in [5.74, 6) is 0.154. The number of hydrogen-bond donors (Lipinski definition) is 3. The largest absolute Gasteiger partial charge is 0.395 e. The van der Waals surface area contributed by atoms with Gasteiger partial charge in [-0.25, -0.2) is 28.7 Å². The normalized spacial score (nSPS) is 16.6. The molecule has 37 heavy (non-hydrogen) atoms. The van der Waals surface area contributed by atoms with E-state index in [-0.39, 0.29) is 35.8 Å². The molecule has 0 aliphatic carbocycles. The number of aromatic nitrogens is 5. The van der Waals surface area contributed by atoms with Crippen molar-refractivity contribution in [1.29, 1.82) is 0 Å². The fourth-order valence-corrected chi connectivity index (χ4v) is 4.81. The van der Waals surface area contributed by atoms with E-state index >= 15 is 0 Å². The molecule has 5 rings (SSSR count). The first-order valence-electron chi connectivity index (χ1n) is 12.3. The number of fused-ring (bicyclic) bond motifs is 1. The summed E-state index contributed by atoms with van der Waals surface area (Å²) in [6.07, 6.45) is 2.83. The quantitative estimate of drug-likeness (QED) is 0.348. The molecular formula is C26H30F2N8O. The number of benzene rings is 1. The van der Waals surface area contributed by atoms with Crippen LogP contribution in [0.3, 0.4) is 0 Å². The van der Waals surface area contributed by atoms with E-state index in [1.54, 1.807) is 12.3 Å². The number of piperazine rings is 1. The summed E-state index contributed by atoms with van der Waals surface area (Å²) in [6, 6.07) is 6.86. The Bertz CT molecular complexity index is 1410. The van der Waals surface area contributed by atoms with Crippen LogP contribution in [0.5, 0.6) is 0 Å². The molecule has 11 heteroatoms. The molecule has 194 valence electrons. The summed E-state index contributed by atoms with van der Waals surface area (Å²) < 4.78 is 31.6. The van der Waals surface area contributed by atoms with Crippen LogP contribution in [0.4, 0.5) is 20.5 Å². The van der Waals surface area contributed by atoms with Crippen LogP contribution in [-0.2, 0) is 6.54 Å². The van der Waals surface area contributed by atoms with Gasteiger partial charge in [-0.15, -0.1) is 0 Å². The fourth-order valence-electron chi connectivity index (χ4n) is 4.81. The van der Waals surface area contributed by atoms with Crippen molar-refractivity contribution in [1.82, 2.24) is 34.7 Å². The van der Waals surface area contributed by atoms with Gasteiger partial charge in [0.05, 0.1) is 18.3 Å². The predicted molar refractivity (Wildman–Crippen MR) is 137 cm³/mol. The zero-order valence-corrected chi connectivity index (χ0v) is 21.0. The van der Waals surface area contributed by atoms with E-state index in [0.29, 0.717) is 22.7 Å². The first-order valence-corrected chi connectivity index (χ1v) is 12.3. The molecule has 4 aromatic rings. The molecule has 1 fully saturated rings. The molecule has 3 N–H and O–H groups in total. The van der Waals surface area contributed by atoms with Crippen LogP contribution >= 0.6 is 0 Å². The molecule has 3 aromatic heterocycles. The Morgan fingerprint density at radius 3 is 2.70 bits per heavy atom. The molecule has 4 heterocycles. The van der Waals surface area contributed by atoms with E-state index < -0.39 is 11.6 Å². The maximum Gasteiger partial charge on any atom is 0.229 e. The van der Waals surface area contributed by atoms with Gasteiger partial charge in [-0.05, 0) is 44.5 Å². The van der Waals surface area contributed by atoms with Crippen LogP contribution in [-0.4, -0.2) is 66.8 Å². The lowest BCUT2D eigenvalue weighted by Gasteiger charge is -2.32. The molecule has 0 spiro atoms. The van der Waals surface area contributed by atoms with Gasteiger partial charge < -0.3 is 20.3 Å². The highest BCUT2D eigenvalue weighted by molar-refractivity contribution is 5.83. The minimum atomic E-state index is -0.655. The minimum absolute atomic E-state index is 0.0128. The van der Waals surface area contributed by atoms with Crippen molar-refractivity contribution in [2.24, 2.45) is 0 Å². The zero-order chi connectivity index (χ0) is 26.1. The van der Waals surface area contributed by atoms with Gasteiger partial charge in [0, 0.05) is 50.0 Å². The SMILES string of the molecule is Cc1nc2c(F)cc(-c3nc(Nc4ccc(CN5CCN[C@H](CO)C5)cn4)ncc3F)cc2n1C(C)C. The Morgan fingerprint density at radius 2 is 1.97 bits per heavy atom. The van der Waals surface area contributed by atoms with Crippen LogP contribution < -0.4 is 10.6 Å².